The Labute approximate surface area is 165 Å². The van der Waals surface area contributed by atoms with Gasteiger partial charge in [-0.25, -0.2) is 9.59 Å². The number of hydrogen-bond donors (Lipinski definition) is 3. The molecule has 7 heteroatoms. The van der Waals surface area contributed by atoms with Crippen LogP contribution < -0.4 is 10.6 Å². The molecule has 28 heavy (non-hydrogen) atoms. The van der Waals surface area contributed by atoms with E-state index in [2.05, 4.69) is 10.6 Å². The summed E-state index contributed by atoms with van der Waals surface area (Å²) in [6.07, 6.45) is 0. The van der Waals surface area contributed by atoms with Gasteiger partial charge in [0.15, 0.2) is 11.3 Å². The predicted molar refractivity (Wildman–Crippen MR) is 106 cm³/mol. The lowest BCUT2D eigenvalue weighted by Gasteiger charge is -2.46. The molecule has 7 nitrogen and oxygen atoms in total. The first-order valence-electron chi connectivity index (χ1n) is 9.37. The molecule has 4 rings (SSSR count). The zero-order valence-corrected chi connectivity index (χ0v) is 16.3. The Balaban J connectivity index is 0.00000109. The van der Waals surface area contributed by atoms with Crippen molar-refractivity contribution in [2.75, 3.05) is 20.2 Å². The molecule has 0 atom stereocenters. The van der Waals surface area contributed by atoms with E-state index in [1.54, 1.807) is 9.80 Å². The van der Waals surface area contributed by atoms with Crippen LogP contribution in [-0.4, -0.2) is 47.2 Å². The fraction of sp³-hybridized carbons (Fsp3) is 0.333. The third kappa shape index (κ3) is 2.39. The van der Waals surface area contributed by atoms with Gasteiger partial charge in [-0.3, -0.25) is 9.80 Å². The minimum absolute atomic E-state index is 0.196. The third-order valence-electron chi connectivity index (χ3n) is 5.40. The molecule has 0 spiro atoms. The molecule has 0 radical (unpaired) electrons. The summed E-state index contributed by atoms with van der Waals surface area (Å²) >= 11 is 0. The molecule has 2 aromatic rings. The van der Waals surface area contributed by atoms with Gasteiger partial charge in [-0.1, -0.05) is 60.7 Å². The summed E-state index contributed by atoms with van der Waals surface area (Å²) in [7, 11) is 1.00. The molecule has 0 bridgehead atoms. The zero-order chi connectivity index (χ0) is 20.4. The lowest BCUT2D eigenvalue weighted by atomic mass is 9.81. The number of rotatable bonds is 4. The van der Waals surface area contributed by atoms with Crippen molar-refractivity contribution >= 4 is 12.1 Å². The fourth-order valence-corrected chi connectivity index (χ4v) is 4.48. The maximum absolute atomic E-state index is 13.0. The summed E-state index contributed by atoms with van der Waals surface area (Å²) in [4.78, 5) is 29.5. The third-order valence-corrected chi connectivity index (χ3v) is 5.40. The minimum Gasteiger partial charge on any atom is -0.400 e. The first-order chi connectivity index (χ1) is 13.6. The Kier molecular flexibility index (Phi) is 5.29. The maximum atomic E-state index is 13.0. The SMILES string of the molecule is CCN1C(=O)NC2(c3ccccc3)NC(=O)N(CC)C12c1ccccc1.CO. The highest BCUT2D eigenvalue weighted by atomic mass is 16.2. The van der Waals surface area contributed by atoms with Gasteiger partial charge in [-0.05, 0) is 13.8 Å². The van der Waals surface area contributed by atoms with Crippen LogP contribution in [0, 0.1) is 0 Å². The second-order valence-corrected chi connectivity index (χ2v) is 6.50. The van der Waals surface area contributed by atoms with Gasteiger partial charge in [0, 0.05) is 31.3 Å². The molecule has 2 heterocycles. The number of benzene rings is 2. The lowest BCUT2D eigenvalue weighted by molar-refractivity contribution is -0.00735. The van der Waals surface area contributed by atoms with Crippen molar-refractivity contribution in [3.63, 3.8) is 0 Å². The summed E-state index contributed by atoms with van der Waals surface area (Å²) < 4.78 is 0. The standard InChI is InChI=1S/C20H22N4O2.CH4O/c1-3-23-17(25)21-19(15-11-7-5-8-12-15)20(23,16-13-9-6-10-14-16)24(4-2)18(26)22-19;1-2/h5-14H,3-4H2,1-2H3,(H,21,25)(H,22,26);2H,1H3. The normalized spacial score (nSPS) is 25.6. The molecular weight excluding hydrogens is 356 g/mol. The smallest absolute Gasteiger partial charge is 0.321 e. The van der Waals surface area contributed by atoms with E-state index in [1.165, 1.54) is 0 Å². The summed E-state index contributed by atoms with van der Waals surface area (Å²) in [6, 6.07) is 19.0. The number of aliphatic hydroxyl groups excluding tert-OH is 1. The van der Waals surface area contributed by atoms with Crippen molar-refractivity contribution in [1.82, 2.24) is 20.4 Å². The van der Waals surface area contributed by atoms with Gasteiger partial charge < -0.3 is 15.7 Å². The highest BCUT2D eigenvalue weighted by Crippen LogP contribution is 2.53. The number of carbonyl (C=O) groups excluding carboxylic acids is 2. The lowest BCUT2D eigenvalue weighted by Crippen LogP contribution is -2.62. The van der Waals surface area contributed by atoms with Crippen LogP contribution >= 0.6 is 0 Å². The van der Waals surface area contributed by atoms with E-state index >= 15 is 0 Å². The summed E-state index contributed by atoms with van der Waals surface area (Å²) in [5.41, 5.74) is -0.301. The number of urea groups is 2. The average molecular weight is 382 g/mol. The minimum atomic E-state index is -1.06. The van der Waals surface area contributed by atoms with Crippen molar-refractivity contribution in [2.45, 2.75) is 25.2 Å². The van der Waals surface area contributed by atoms with E-state index < -0.39 is 11.3 Å². The van der Waals surface area contributed by atoms with E-state index in [1.807, 2.05) is 74.5 Å². The molecule has 2 aliphatic heterocycles. The number of aliphatic hydroxyl groups is 1. The number of nitrogens with zero attached hydrogens (tertiary/aromatic N) is 2. The van der Waals surface area contributed by atoms with Crippen molar-refractivity contribution in [1.29, 1.82) is 0 Å². The molecule has 0 unspecified atom stereocenters. The van der Waals surface area contributed by atoms with Crippen molar-refractivity contribution in [3.8, 4) is 0 Å². The first kappa shape index (κ1) is 19.7. The van der Waals surface area contributed by atoms with Crippen LogP contribution in [-0.2, 0) is 11.3 Å². The number of nitrogens with one attached hydrogen (secondary N) is 2. The molecule has 0 saturated carbocycles. The van der Waals surface area contributed by atoms with Gasteiger partial charge in [0.2, 0.25) is 0 Å². The molecule has 0 aliphatic carbocycles. The van der Waals surface area contributed by atoms with Crippen LogP contribution in [0.3, 0.4) is 0 Å². The number of fused-ring (bicyclic) bond motifs is 1. The highest BCUT2D eigenvalue weighted by Gasteiger charge is 2.73. The number of hydrogen-bond acceptors (Lipinski definition) is 3. The van der Waals surface area contributed by atoms with Gasteiger partial charge in [0.05, 0.1) is 0 Å². The van der Waals surface area contributed by atoms with Crippen LogP contribution in [0.1, 0.15) is 25.0 Å². The highest BCUT2D eigenvalue weighted by molar-refractivity contribution is 5.89. The Morgan fingerprint density at radius 1 is 0.750 bits per heavy atom. The van der Waals surface area contributed by atoms with E-state index in [-0.39, 0.29) is 12.1 Å². The second kappa shape index (κ2) is 7.52. The fourth-order valence-electron chi connectivity index (χ4n) is 4.48. The molecule has 2 saturated heterocycles. The molecule has 2 aliphatic rings. The topological polar surface area (TPSA) is 84.9 Å². The van der Waals surface area contributed by atoms with Crippen LogP contribution in [0.15, 0.2) is 60.7 Å². The van der Waals surface area contributed by atoms with Crippen LogP contribution in [0.4, 0.5) is 9.59 Å². The molecule has 0 aromatic heterocycles. The molecule has 3 N–H and O–H groups in total. The molecular formula is C21H26N4O3. The van der Waals surface area contributed by atoms with Crippen LogP contribution in [0.5, 0.6) is 0 Å². The molecule has 4 amide bonds. The summed E-state index contributed by atoms with van der Waals surface area (Å²) in [6.45, 7) is 4.81. The van der Waals surface area contributed by atoms with Crippen molar-refractivity contribution in [3.05, 3.63) is 71.8 Å². The summed E-state index contributed by atoms with van der Waals surface area (Å²) in [5.74, 6) is 0. The van der Waals surface area contributed by atoms with Crippen molar-refractivity contribution < 1.29 is 14.7 Å². The first-order valence-corrected chi connectivity index (χ1v) is 9.37. The van der Waals surface area contributed by atoms with Gasteiger partial charge in [0.1, 0.15) is 0 Å². The largest absolute Gasteiger partial charge is 0.400 e. The van der Waals surface area contributed by atoms with Gasteiger partial charge in [-0.2, -0.15) is 0 Å². The molecule has 2 fully saturated rings. The number of likely N-dealkylation sites (N-methyl/N-ethyl adjacent to an activating group) is 2. The van der Waals surface area contributed by atoms with Gasteiger partial charge in [0.25, 0.3) is 0 Å². The van der Waals surface area contributed by atoms with E-state index in [0.29, 0.717) is 13.1 Å². The van der Waals surface area contributed by atoms with E-state index in [9.17, 15) is 9.59 Å². The van der Waals surface area contributed by atoms with Crippen molar-refractivity contribution in [2.24, 2.45) is 0 Å². The maximum Gasteiger partial charge on any atom is 0.321 e. The van der Waals surface area contributed by atoms with Crippen LogP contribution in [0.25, 0.3) is 0 Å². The molecule has 2 aromatic carbocycles. The van der Waals surface area contributed by atoms with E-state index in [0.717, 1.165) is 18.2 Å². The Hall–Kier alpha value is -3.06. The molecule has 148 valence electrons. The quantitative estimate of drug-likeness (QED) is 0.759. The predicted octanol–water partition coefficient (Wildman–Crippen LogP) is 2.39. The number of amides is 4. The van der Waals surface area contributed by atoms with Crippen LogP contribution in [0.2, 0.25) is 0 Å². The Morgan fingerprint density at radius 2 is 1.14 bits per heavy atom. The Bertz CT molecular complexity index is 815. The Morgan fingerprint density at radius 3 is 1.54 bits per heavy atom. The second-order valence-electron chi connectivity index (χ2n) is 6.50. The van der Waals surface area contributed by atoms with Gasteiger partial charge in [-0.15, -0.1) is 0 Å². The van der Waals surface area contributed by atoms with E-state index in [4.69, 9.17) is 5.11 Å². The monoisotopic (exact) mass is 382 g/mol. The van der Waals surface area contributed by atoms with Gasteiger partial charge >= 0.3 is 12.1 Å². The average Bonchev–Trinajstić information content (AvgIpc) is 3.14. The zero-order valence-electron chi connectivity index (χ0n) is 16.3. The number of carbonyl (C=O) groups is 2. The summed E-state index contributed by atoms with van der Waals surface area (Å²) in [5, 5.41) is 13.2.